The van der Waals surface area contributed by atoms with E-state index in [1.807, 2.05) is 36.5 Å². The molecule has 0 spiro atoms. The number of furan rings is 1. The minimum Gasteiger partial charge on any atom is -0.459 e. The lowest BCUT2D eigenvalue weighted by molar-refractivity contribution is -0.120. The van der Waals surface area contributed by atoms with Crippen LogP contribution >= 0.6 is 23.2 Å². The number of para-hydroxylation sites is 1. The number of amides is 2. The molecular weight excluding hydrogens is 449 g/mol. The minimum absolute atomic E-state index is 0.140. The third kappa shape index (κ3) is 4.98. The molecule has 0 bridgehead atoms. The fraction of sp³-hybridized carbons (Fsp3) is 0.167. The Labute approximate surface area is 194 Å². The SMILES string of the molecule is O=C(CCNC(=O)c1ccco1)NCC(c1ccc(Cl)cc1Cl)c1c[nH]c2ccccc12. The summed E-state index contributed by atoms with van der Waals surface area (Å²) in [5.41, 5.74) is 2.90. The molecule has 2 amide bonds. The van der Waals surface area contributed by atoms with Crippen LogP contribution in [-0.4, -0.2) is 29.9 Å². The Bertz CT molecular complexity index is 1230. The molecule has 0 aliphatic carbocycles. The van der Waals surface area contributed by atoms with Gasteiger partial charge in [0, 0.05) is 52.6 Å². The third-order valence-electron chi connectivity index (χ3n) is 5.22. The van der Waals surface area contributed by atoms with Crippen molar-refractivity contribution in [2.75, 3.05) is 13.1 Å². The number of carbonyl (C=O) groups is 2. The first-order valence-corrected chi connectivity index (χ1v) is 10.9. The third-order valence-corrected chi connectivity index (χ3v) is 5.78. The lowest BCUT2D eigenvalue weighted by atomic mass is 9.90. The number of H-pyrrole nitrogens is 1. The van der Waals surface area contributed by atoms with E-state index in [9.17, 15) is 9.59 Å². The standard InChI is InChI=1S/C24H21Cl2N3O3/c25-15-7-8-16(20(26)12-15)18(19-13-28-21-5-2-1-4-17(19)21)14-29-23(30)9-10-27-24(31)22-6-3-11-32-22/h1-8,11-13,18,28H,9-10,14H2,(H,27,31)(H,29,30). The number of benzene rings is 2. The van der Waals surface area contributed by atoms with E-state index >= 15 is 0 Å². The summed E-state index contributed by atoms with van der Waals surface area (Å²) < 4.78 is 5.04. The second kappa shape index (κ2) is 9.94. The Kier molecular flexibility index (Phi) is 6.83. The average Bonchev–Trinajstić information content (AvgIpc) is 3.46. The molecule has 0 radical (unpaired) electrons. The first-order chi connectivity index (χ1) is 15.5. The first-order valence-electron chi connectivity index (χ1n) is 10.1. The molecule has 1 unspecified atom stereocenters. The van der Waals surface area contributed by atoms with Gasteiger partial charge < -0.3 is 20.0 Å². The molecule has 3 N–H and O–H groups in total. The van der Waals surface area contributed by atoms with E-state index in [0.717, 1.165) is 22.0 Å². The van der Waals surface area contributed by atoms with Gasteiger partial charge in [-0.25, -0.2) is 0 Å². The largest absolute Gasteiger partial charge is 0.459 e. The van der Waals surface area contributed by atoms with Gasteiger partial charge in [0.1, 0.15) is 0 Å². The quantitative estimate of drug-likeness (QED) is 0.334. The van der Waals surface area contributed by atoms with Crippen LogP contribution in [0.2, 0.25) is 10.0 Å². The molecule has 164 valence electrons. The molecule has 6 nitrogen and oxygen atoms in total. The van der Waals surface area contributed by atoms with Gasteiger partial charge in [-0.2, -0.15) is 0 Å². The zero-order valence-electron chi connectivity index (χ0n) is 17.0. The monoisotopic (exact) mass is 469 g/mol. The van der Waals surface area contributed by atoms with Crippen molar-refractivity contribution >= 4 is 45.9 Å². The fourth-order valence-corrected chi connectivity index (χ4v) is 4.18. The summed E-state index contributed by atoms with van der Waals surface area (Å²) in [4.78, 5) is 27.7. The van der Waals surface area contributed by atoms with Crippen molar-refractivity contribution in [1.29, 1.82) is 0 Å². The van der Waals surface area contributed by atoms with Crippen molar-refractivity contribution in [3.05, 3.63) is 94.0 Å². The van der Waals surface area contributed by atoms with Crippen LogP contribution in [0.5, 0.6) is 0 Å². The molecule has 0 fully saturated rings. The van der Waals surface area contributed by atoms with Crippen LogP contribution in [0.3, 0.4) is 0 Å². The zero-order valence-corrected chi connectivity index (χ0v) is 18.5. The molecule has 0 aliphatic rings. The summed E-state index contributed by atoms with van der Waals surface area (Å²) in [6, 6.07) is 16.5. The number of rotatable bonds is 8. The summed E-state index contributed by atoms with van der Waals surface area (Å²) in [6.45, 7) is 0.541. The second-order valence-electron chi connectivity index (χ2n) is 7.30. The van der Waals surface area contributed by atoms with Crippen LogP contribution < -0.4 is 10.6 Å². The first kappa shape index (κ1) is 22.0. The van der Waals surface area contributed by atoms with Crippen LogP contribution in [-0.2, 0) is 4.79 Å². The lowest BCUT2D eigenvalue weighted by Crippen LogP contribution is -2.33. The van der Waals surface area contributed by atoms with E-state index in [0.29, 0.717) is 16.6 Å². The number of aromatic nitrogens is 1. The lowest BCUT2D eigenvalue weighted by Gasteiger charge is -2.20. The summed E-state index contributed by atoms with van der Waals surface area (Å²) in [7, 11) is 0. The summed E-state index contributed by atoms with van der Waals surface area (Å²) >= 11 is 12.6. The Morgan fingerprint density at radius 2 is 1.84 bits per heavy atom. The van der Waals surface area contributed by atoms with Gasteiger partial charge in [0.15, 0.2) is 5.76 Å². The fourth-order valence-electron chi connectivity index (χ4n) is 3.64. The molecular formula is C24H21Cl2N3O3. The van der Waals surface area contributed by atoms with Crippen molar-refractivity contribution in [3.63, 3.8) is 0 Å². The van der Waals surface area contributed by atoms with Gasteiger partial charge in [-0.05, 0) is 41.5 Å². The Morgan fingerprint density at radius 1 is 1.00 bits per heavy atom. The van der Waals surface area contributed by atoms with Gasteiger partial charge in [0.2, 0.25) is 5.91 Å². The van der Waals surface area contributed by atoms with Gasteiger partial charge in [0.25, 0.3) is 5.91 Å². The van der Waals surface area contributed by atoms with E-state index in [1.54, 1.807) is 24.3 Å². The molecule has 0 saturated heterocycles. The van der Waals surface area contributed by atoms with Crippen molar-refractivity contribution in [1.82, 2.24) is 15.6 Å². The number of hydrogen-bond acceptors (Lipinski definition) is 3. The Balaban J connectivity index is 1.46. The number of fused-ring (bicyclic) bond motifs is 1. The molecule has 4 rings (SSSR count). The molecule has 2 aromatic carbocycles. The van der Waals surface area contributed by atoms with Crippen LogP contribution in [0.4, 0.5) is 0 Å². The highest BCUT2D eigenvalue weighted by molar-refractivity contribution is 6.35. The molecule has 0 aliphatic heterocycles. The molecule has 32 heavy (non-hydrogen) atoms. The van der Waals surface area contributed by atoms with E-state index in [4.69, 9.17) is 27.6 Å². The van der Waals surface area contributed by atoms with Crippen molar-refractivity contribution in [2.45, 2.75) is 12.3 Å². The molecule has 8 heteroatoms. The highest BCUT2D eigenvalue weighted by Crippen LogP contribution is 2.35. The zero-order chi connectivity index (χ0) is 22.5. The van der Waals surface area contributed by atoms with Crippen LogP contribution in [0.15, 0.2) is 71.5 Å². The molecule has 4 aromatic rings. The van der Waals surface area contributed by atoms with E-state index in [2.05, 4.69) is 15.6 Å². The molecule has 0 saturated carbocycles. The minimum atomic E-state index is -0.354. The molecule has 2 aromatic heterocycles. The van der Waals surface area contributed by atoms with Crippen molar-refractivity contribution in [2.24, 2.45) is 0 Å². The molecule has 1 atom stereocenters. The number of carbonyl (C=O) groups excluding carboxylic acids is 2. The van der Waals surface area contributed by atoms with Gasteiger partial charge >= 0.3 is 0 Å². The predicted molar refractivity (Wildman–Crippen MR) is 125 cm³/mol. The predicted octanol–water partition coefficient (Wildman–Crippen LogP) is 5.14. The summed E-state index contributed by atoms with van der Waals surface area (Å²) in [6.07, 6.45) is 3.51. The Morgan fingerprint density at radius 3 is 2.62 bits per heavy atom. The maximum atomic E-state index is 12.5. The molecule has 2 heterocycles. The van der Waals surface area contributed by atoms with Crippen LogP contribution in [0.1, 0.15) is 34.0 Å². The van der Waals surface area contributed by atoms with Gasteiger partial charge in [-0.1, -0.05) is 47.5 Å². The second-order valence-corrected chi connectivity index (χ2v) is 8.14. The van der Waals surface area contributed by atoms with Crippen LogP contribution in [0.25, 0.3) is 10.9 Å². The van der Waals surface area contributed by atoms with Crippen molar-refractivity contribution in [3.8, 4) is 0 Å². The maximum Gasteiger partial charge on any atom is 0.286 e. The van der Waals surface area contributed by atoms with Gasteiger partial charge in [0.05, 0.1) is 6.26 Å². The van der Waals surface area contributed by atoms with Gasteiger partial charge in [-0.3, -0.25) is 9.59 Å². The van der Waals surface area contributed by atoms with E-state index in [-0.39, 0.29) is 36.5 Å². The maximum absolute atomic E-state index is 12.5. The number of nitrogens with one attached hydrogen (secondary N) is 3. The Hall–Kier alpha value is -3.22. The highest BCUT2D eigenvalue weighted by Gasteiger charge is 2.21. The van der Waals surface area contributed by atoms with E-state index < -0.39 is 0 Å². The number of halogens is 2. The van der Waals surface area contributed by atoms with Crippen molar-refractivity contribution < 1.29 is 14.0 Å². The van der Waals surface area contributed by atoms with E-state index in [1.165, 1.54) is 6.26 Å². The van der Waals surface area contributed by atoms with Gasteiger partial charge in [-0.15, -0.1) is 0 Å². The van der Waals surface area contributed by atoms with Crippen LogP contribution in [0, 0.1) is 0 Å². The topological polar surface area (TPSA) is 87.1 Å². The number of aromatic amines is 1. The summed E-state index contributed by atoms with van der Waals surface area (Å²) in [5.74, 6) is -0.508. The summed E-state index contributed by atoms with van der Waals surface area (Å²) in [5, 5.41) is 7.78. The highest BCUT2D eigenvalue weighted by atomic mass is 35.5. The normalized spacial score (nSPS) is 11.9. The smallest absolute Gasteiger partial charge is 0.286 e. The average molecular weight is 470 g/mol. The number of hydrogen-bond donors (Lipinski definition) is 3.